The fourth-order valence-electron chi connectivity index (χ4n) is 1.37. The molecule has 1 aliphatic rings. The van der Waals surface area contributed by atoms with Crippen LogP contribution in [-0.4, -0.2) is 28.9 Å². The zero-order valence-electron chi connectivity index (χ0n) is 8.40. The number of hydrogen-bond donors (Lipinski definition) is 3. The monoisotopic (exact) mass is 214 g/mol. The largest absolute Gasteiger partial charge is 0.480 e. The SMILES string of the molecule is CC1CC1C(=O)N[C@@H](CC(N)=O)C(=O)O. The number of nitrogens with two attached hydrogens (primary N) is 1. The quantitative estimate of drug-likeness (QED) is 0.550. The van der Waals surface area contributed by atoms with Gasteiger partial charge in [0.1, 0.15) is 6.04 Å². The van der Waals surface area contributed by atoms with Gasteiger partial charge in [0.15, 0.2) is 0 Å². The summed E-state index contributed by atoms with van der Waals surface area (Å²) in [5.41, 5.74) is 4.87. The van der Waals surface area contributed by atoms with Crippen molar-refractivity contribution in [3.05, 3.63) is 0 Å². The van der Waals surface area contributed by atoms with Gasteiger partial charge >= 0.3 is 5.97 Å². The third-order valence-corrected chi connectivity index (χ3v) is 2.47. The normalized spacial score (nSPS) is 25.4. The molecule has 15 heavy (non-hydrogen) atoms. The number of primary amides is 1. The Hall–Kier alpha value is -1.59. The van der Waals surface area contributed by atoms with Gasteiger partial charge in [0.05, 0.1) is 6.42 Å². The van der Waals surface area contributed by atoms with Crippen LogP contribution in [0.4, 0.5) is 0 Å². The molecule has 6 nitrogen and oxygen atoms in total. The van der Waals surface area contributed by atoms with E-state index in [0.29, 0.717) is 5.92 Å². The van der Waals surface area contributed by atoms with E-state index >= 15 is 0 Å². The fraction of sp³-hybridized carbons (Fsp3) is 0.667. The second-order valence-corrected chi connectivity index (χ2v) is 3.89. The molecule has 1 fully saturated rings. The molecule has 1 saturated carbocycles. The van der Waals surface area contributed by atoms with Gasteiger partial charge in [0, 0.05) is 5.92 Å². The summed E-state index contributed by atoms with van der Waals surface area (Å²) in [7, 11) is 0. The van der Waals surface area contributed by atoms with Gasteiger partial charge in [-0.15, -0.1) is 0 Å². The van der Waals surface area contributed by atoms with Crippen LogP contribution in [-0.2, 0) is 14.4 Å². The number of carbonyl (C=O) groups is 3. The number of aliphatic carboxylic acids is 1. The number of carboxylic acids is 1. The lowest BCUT2D eigenvalue weighted by molar-refractivity contribution is -0.143. The summed E-state index contributed by atoms with van der Waals surface area (Å²) in [6.45, 7) is 1.91. The molecule has 0 aliphatic heterocycles. The van der Waals surface area contributed by atoms with Crippen molar-refractivity contribution in [2.45, 2.75) is 25.8 Å². The molecule has 6 heteroatoms. The number of carbonyl (C=O) groups excluding carboxylic acids is 2. The van der Waals surface area contributed by atoms with Crippen molar-refractivity contribution in [3.63, 3.8) is 0 Å². The minimum atomic E-state index is -1.24. The Morgan fingerprint density at radius 3 is 2.40 bits per heavy atom. The van der Waals surface area contributed by atoms with Crippen LogP contribution < -0.4 is 11.1 Å². The van der Waals surface area contributed by atoms with Crippen LogP contribution in [0.25, 0.3) is 0 Å². The van der Waals surface area contributed by atoms with E-state index in [1.807, 2.05) is 6.92 Å². The molecule has 0 spiro atoms. The Kier molecular flexibility index (Phi) is 3.28. The standard InChI is InChI=1S/C9H14N2O4/c1-4-2-5(4)8(13)11-6(9(14)15)3-7(10)12/h4-6H,2-3H2,1H3,(H2,10,12)(H,11,13)(H,14,15)/t4?,5?,6-/m0/s1. The van der Waals surface area contributed by atoms with Crippen molar-refractivity contribution < 1.29 is 19.5 Å². The molecule has 0 bridgehead atoms. The van der Waals surface area contributed by atoms with Crippen molar-refractivity contribution in [1.29, 1.82) is 0 Å². The summed E-state index contributed by atoms with van der Waals surface area (Å²) in [5.74, 6) is -2.11. The number of hydrogen-bond acceptors (Lipinski definition) is 3. The summed E-state index contributed by atoms with van der Waals surface area (Å²) >= 11 is 0. The zero-order chi connectivity index (χ0) is 11.6. The molecule has 0 saturated heterocycles. The van der Waals surface area contributed by atoms with Gasteiger partial charge in [-0.25, -0.2) is 4.79 Å². The highest BCUT2D eigenvalue weighted by Gasteiger charge is 2.40. The summed E-state index contributed by atoms with van der Waals surface area (Å²) < 4.78 is 0. The third-order valence-electron chi connectivity index (χ3n) is 2.47. The van der Waals surface area contributed by atoms with Gasteiger partial charge in [-0.2, -0.15) is 0 Å². The smallest absolute Gasteiger partial charge is 0.326 e. The molecule has 2 amide bonds. The predicted molar refractivity (Wildman–Crippen MR) is 50.6 cm³/mol. The first kappa shape index (κ1) is 11.5. The Balaban J connectivity index is 2.47. The van der Waals surface area contributed by atoms with E-state index in [-0.39, 0.29) is 18.2 Å². The Morgan fingerprint density at radius 2 is 2.07 bits per heavy atom. The van der Waals surface area contributed by atoms with Crippen LogP contribution in [0.5, 0.6) is 0 Å². The summed E-state index contributed by atoms with van der Waals surface area (Å²) in [6.07, 6.45) is 0.400. The second kappa shape index (κ2) is 4.29. The van der Waals surface area contributed by atoms with Gasteiger partial charge in [0.2, 0.25) is 11.8 Å². The first-order valence-corrected chi connectivity index (χ1v) is 4.73. The van der Waals surface area contributed by atoms with E-state index in [4.69, 9.17) is 10.8 Å². The first-order chi connectivity index (χ1) is 6.91. The summed E-state index contributed by atoms with van der Waals surface area (Å²) in [4.78, 5) is 32.6. The Labute approximate surface area is 86.8 Å². The van der Waals surface area contributed by atoms with Crippen LogP contribution in [0.2, 0.25) is 0 Å². The Morgan fingerprint density at radius 1 is 1.53 bits per heavy atom. The van der Waals surface area contributed by atoms with Crippen LogP contribution in [0.3, 0.4) is 0 Å². The molecule has 0 heterocycles. The van der Waals surface area contributed by atoms with E-state index < -0.39 is 17.9 Å². The van der Waals surface area contributed by atoms with Crippen LogP contribution >= 0.6 is 0 Å². The van der Waals surface area contributed by atoms with E-state index in [1.165, 1.54) is 0 Å². The van der Waals surface area contributed by atoms with Crippen molar-refractivity contribution in [1.82, 2.24) is 5.32 Å². The van der Waals surface area contributed by atoms with Crippen molar-refractivity contribution in [2.75, 3.05) is 0 Å². The molecular weight excluding hydrogens is 200 g/mol. The highest BCUT2D eigenvalue weighted by atomic mass is 16.4. The van der Waals surface area contributed by atoms with Gasteiger partial charge in [-0.3, -0.25) is 9.59 Å². The summed E-state index contributed by atoms with van der Waals surface area (Å²) in [5, 5.41) is 11.0. The molecule has 0 aromatic heterocycles. The van der Waals surface area contributed by atoms with Crippen molar-refractivity contribution >= 4 is 17.8 Å². The number of carboxylic acid groups (broad SMARTS) is 1. The van der Waals surface area contributed by atoms with Crippen LogP contribution in [0, 0.1) is 11.8 Å². The highest BCUT2D eigenvalue weighted by molar-refractivity contribution is 5.89. The molecule has 4 N–H and O–H groups in total. The topological polar surface area (TPSA) is 109 Å². The molecule has 0 aromatic rings. The molecule has 0 aromatic carbocycles. The Bertz CT molecular complexity index is 302. The molecule has 0 radical (unpaired) electrons. The van der Waals surface area contributed by atoms with Crippen LogP contribution in [0.1, 0.15) is 19.8 Å². The van der Waals surface area contributed by atoms with Gasteiger partial charge < -0.3 is 16.2 Å². The number of nitrogens with one attached hydrogen (secondary N) is 1. The van der Waals surface area contributed by atoms with E-state index in [0.717, 1.165) is 6.42 Å². The minimum Gasteiger partial charge on any atom is -0.480 e. The average Bonchev–Trinajstić information content (AvgIpc) is 2.80. The lowest BCUT2D eigenvalue weighted by Crippen LogP contribution is -2.44. The number of amides is 2. The molecular formula is C9H14N2O4. The van der Waals surface area contributed by atoms with Gasteiger partial charge in [-0.1, -0.05) is 6.92 Å². The first-order valence-electron chi connectivity index (χ1n) is 4.73. The maximum absolute atomic E-state index is 11.4. The maximum atomic E-state index is 11.4. The maximum Gasteiger partial charge on any atom is 0.326 e. The summed E-state index contributed by atoms with van der Waals surface area (Å²) in [6, 6.07) is -1.21. The number of rotatable bonds is 5. The van der Waals surface area contributed by atoms with Crippen molar-refractivity contribution in [2.24, 2.45) is 17.6 Å². The second-order valence-electron chi connectivity index (χ2n) is 3.89. The highest BCUT2D eigenvalue weighted by Crippen LogP contribution is 2.37. The molecule has 84 valence electrons. The predicted octanol–water partition coefficient (Wildman–Crippen LogP) is -0.913. The molecule has 1 aliphatic carbocycles. The molecule has 3 atom stereocenters. The zero-order valence-corrected chi connectivity index (χ0v) is 8.40. The average molecular weight is 214 g/mol. The lowest BCUT2D eigenvalue weighted by atomic mass is 10.2. The minimum absolute atomic E-state index is 0.111. The van der Waals surface area contributed by atoms with Gasteiger partial charge in [-0.05, 0) is 12.3 Å². The van der Waals surface area contributed by atoms with E-state index in [9.17, 15) is 14.4 Å². The molecule has 2 unspecified atom stereocenters. The fourth-order valence-corrected chi connectivity index (χ4v) is 1.37. The molecule has 1 rings (SSSR count). The van der Waals surface area contributed by atoms with Crippen LogP contribution in [0.15, 0.2) is 0 Å². The van der Waals surface area contributed by atoms with Crippen molar-refractivity contribution in [3.8, 4) is 0 Å². The lowest BCUT2D eigenvalue weighted by Gasteiger charge is -2.12. The van der Waals surface area contributed by atoms with E-state index in [2.05, 4.69) is 5.32 Å². The van der Waals surface area contributed by atoms with Gasteiger partial charge in [0.25, 0.3) is 0 Å². The van der Waals surface area contributed by atoms with E-state index in [1.54, 1.807) is 0 Å². The third kappa shape index (κ3) is 3.23.